The molecule has 0 radical (unpaired) electrons. The lowest BCUT2D eigenvalue weighted by Crippen LogP contribution is -2.23. The smallest absolute Gasteiger partial charge is 0.194 e. The number of nitrogens with one attached hydrogen (secondary N) is 1. The van der Waals surface area contributed by atoms with Gasteiger partial charge in [0, 0.05) is 5.56 Å². The van der Waals surface area contributed by atoms with Crippen LogP contribution in [0.1, 0.15) is 30.5 Å². The lowest BCUT2D eigenvalue weighted by atomic mass is 10.0. The summed E-state index contributed by atoms with van der Waals surface area (Å²) in [5, 5.41) is 3.14. The first kappa shape index (κ1) is 16.6. The van der Waals surface area contributed by atoms with E-state index in [1.54, 1.807) is 6.07 Å². The van der Waals surface area contributed by atoms with Crippen molar-refractivity contribution in [3.05, 3.63) is 55.5 Å². The zero-order valence-corrected chi connectivity index (χ0v) is 13.4. The highest BCUT2D eigenvalue weighted by molar-refractivity contribution is 7.20. The molecule has 1 nitrogen and oxygen atoms in total. The van der Waals surface area contributed by atoms with E-state index < -0.39 is 23.5 Å². The van der Waals surface area contributed by atoms with Gasteiger partial charge in [0.25, 0.3) is 0 Å². The molecule has 21 heavy (non-hydrogen) atoms. The normalized spacial score (nSPS) is 12.7. The summed E-state index contributed by atoms with van der Waals surface area (Å²) in [5.41, 5.74) is 0.877. The van der Waals surface area contributed by atoms with Crippen LogP contribution in [0.25, 0.3) is 0 Å². The second-order valence-corrected chi connectivity index (χ2v) is 6.75. The van der Waals surface area contributed by atoms with Gasteiger partial charge in [-0.25, -0.2) is 13.2 Å². The second-order valence-electron chi connectivity index (χ2n) is 4.47. The molecule has 0 saturated carbocycles. The van der Waals surface area contributed by atoms with Crippen molar-refractivity contribution in [3.63, 3.8) is 0 Å². The first-order valence-electron chi connectivity index (χ1n) is 6.26. The highest BCUT2D eigenvalue weighted by Gasteiger charge is 2.22. The van der Waals surface area contributed by atoms with E-state index in [1.807, 2.05) is 6.92 Å². The minimum absolute atomic E-state index is 0.260. The molecule has 7 heteroatoms. The molecular weight excluding hydrogens is 342 g/mol. The number of hydrogen-bond acceptors (Lipinski definition) is 2. The van der Waals surface area contributed by atoms with E-state index in [-0.39, 0.29) is 5.56 Å². The van der Waals surface area contributed by atoms with Gasteiger partial charge in [0.05, 0.1) is 14.7 Å². The summed E-state index contributed by atoms with van der Waals surface area (Å²) in [6.07, 6.45) is 0.818. The fourth-order valence-electron chi connectivity index (χ4n) is 1.99. The number of thiophene rings is 1. The molecule has 1 aromatic heterocycles. The maximum absolute atomic E-state index is 13.4. The summed E-state index contributed by atoms with van der Waals surface area (Å²) in [5.74, 6) is -3.95. The van der Waals surface area contributed by atoms with Crippen molar-refractivity contribution in [2.24, 2.45) is 0 Å². The number of halogens is 5. The third-order valence-electron chi connectivity index (χ3n) is 2.93. The summed E-state index contributed by atoms with van der Waals surface area (Å²) in [6.45, 7) is 2.56. The topological polar surface area (TPSA) is 12.0 Å². The van der Waals surface area contributed by atoms with Crippen LogP contribution in [0.15, 0.2) is 18.2 Å². The summed E-state index contributed by atoms with van der Waals surface area (Å²) in [4.78, 5) is 0. The highest BCUT2D eigenvalue weighted by Crippen LogP contribution is 2.38. The molecule has 0 aliphatic heterocycles. The van der Waals surface area contributed by atoms with Crippen molar-refractivity contribution >= 4 is 34.5 Å². The third-order valence-corrected chi connectivity index (χ3v) is 4.45. The molecule has 1 atom stereocenters. The zero-order chi connectivity index (χ0) is 15.6. The Morgan fingerprint density at radius 3 is 2.24 bits per heavy atom. The van der Waals surface area contributed by atoms with E-state index in [0.29, 0.717) is 20.8 Å². The van der Waals surface area contributed by atoms with Crippen molar-refractivity contribution in [1.29, 1.82) is 0 Å². The molecule has 0 amide bonds. The molecule has 2 aromatic rings. The minimum Gasteiger partial charge on any atom is -0.306 e. The van der Waals surface area contributed by atoms with E-state index in [4.69, 9.17) is 23.2 Å². The molecule has 0 fully saturated rings. The van der Waals surface area contributed by atoms with Crippen molar-refractivity contribution < 1.29 is 13.2 Å². The molecule has 0 aliphatic rings. The number of hydrogen-bond donors (Lipinski definition) is 1. The minimum atomic E-state index is -1.48. The number of rotatable bonds is 5. The molecule has 1 N–H and O–H groups in total. The van der Waals surface area contributed by atoms with Gasteiger partial charge in [-0.1, -0.05) is 30.1 Å². The molecule has 0 saturated heterocycles. The first-order valence-corrected chi connectivity index (χ1v) is 7.83. The van der Waals surface area contributed by atoms with Crippen molar-refractivity contribution in [1.82, 2.24) is 5.32 Å². The van der Waals surface area contributed by atoms with Crippen LogP contribution in [-0.2, 0) is 0 Å². The Hall–Kier alpha value is -0.750. The standard InChI is InChI=1S/C14H12Cl2F3NS/c1-2-3-20-13(8-6-11(15)21-14(8)16)7-4-9(17)12(19)10(18)5-7/h4-6,13,20H,2-3H2,1H3. The lowest BCUT2D eigenvalue weighted by Gasteiger charge is -2.19. The van der Waals surface area contributed by atoms with Crippen LogP contribution in [-0.4, -0.2) is 6.54 Å². The Kier molecular flexibility index (Phi) is 5.54. The maximum Gasteiger partial charge on any atom is 0.194 e. The quantitative estimate of drug-likeness (QED) is 0.693. The fraction of sp³-hybridized carbons (Fsp3) is 0.286. The average Bonchev–Trinajstić information content (AvgIpc) is 2.75. The van der Waals surface area contributed by atoms with E-state index in [1.165, 1.54) is 11.3 Å². The highest BCUT2D eigenvalue weighted by atomic mass is 35.5. The Morgan fingerprint density at radius 1 is 1.14 bits per heavy atom. The predicted octanol–water partition coefficient (Wildman–Crippen LogP) is 5.56. The maximum atomic E-state index is 13.4. The van der Waals surface area contributed by atoms with Crippen molar-refractivity contribution in [2.45, 2.75) is 19.4 Å². The molecule has 1 unspecified atom stereocenters. The van der Waals surface area contributed by atoms with E-state index in [2.05, 4.69) is 5.32 Å². The SMILES string of the molecule is CCCNC(c1cc(F)c(F)c(F)c1)c1cc(Cl)sc1Cl. The monoisotopic (exact) mass is 353 g/mol. The van der Waals surface area contributed by atoms with Crippen molar-refractivity contribution in [2.75, 3.05) is 6.54 Å². The predicted molar refractivity (Wildman–Crippen MR) is 80.8 cm³/mol. The van der Waals surface area contributed by atoms with E-state index in [9.17, 15) is 13.2 Å². The van der Waals surface area contributed by atoms with Crippen LogP contribution >= 0.6 is 34.5 Å². The van der Waals surface area contributed by atoms with Gasteiger partial charge in [-0.15, -0.1) is 11.3 Å². The molecule has 0 aliphatic carbocycles. The number of benzene rings is 1. The van der Waals surface area contributed by atoms with Crippen LogP contribution in [0.5, 0.6) is 0 Å². The molecular formula is C14H12Cl2F3NS. The van der Waals surface area contributed by atoms with Gasteiger partial charge in [0.2, 0.25) is 0 Å². The van der Waals surface area contributed by atoms with Gasteiger partial charge in [-0.3, -0.25) is 0 Å². The molecule has 0 bridgehead atoms. The molecule has 1 aromatic carbocycles. The fourth-order valence-corrected chi connectivity index (χ4v) is 3.52. The van der Waals surface area contributed by atoms with Crippen LogP contribution in [0.4, 0.5) is 13.2 Å². The van der Waals surface area contributed by atoms with Crippen LogP contribution < -0.4 is 5.32 Å². The molecule has 1 heterocycles. The van der Waals surface area contributed by atoms with Crippen LogP contribution in [0.3, 0.4) is 0 Å². The summed E-state index contributed by atoms with van der Waals surface area (Å²) in [7, 11) is 0. The van der Waals surface area contributed by atoms with E-state index in [0.717, 1.165) is 18.6 Å². The van der Waals surface area contributed by atoms with Gasteiger partial charge in [-0.2, -0.15) is 0 Å². The average molecular weight is 354 g/mol. The summed E-state index contributed by atoms with van der Waals surface area (Å²) >= 11 is 13.2. The Labute approximate surface area is 134 Å². The van der Waals surface area contributed by atoms with Gasteiger partial charge in [-0.05, 0) is 36.7 Å². The third kappa shape index (κ3) is 3.72. The van der Waals surface area contributed by atoms with Gasteiger partial charge < -0.3 is 5.32 Å². The molecule has 2 rings (SSSR count). The van der Waals surface area contributed by atoms with Gasteiger partial charge in [0.15, 0.2) is 17.5 Å². The van der Waals surface area contributed by atoms with Gasteiger partial charge in [0.1, 0.15) is 0 Å². The molecule has 114 valence electrons. The zero-order valence-electron chi connectivity index (χ0n) is 11.0. The first-order chi connectivity index (χ1) is 9.93. The molecule has 0 spiro atoms. The van der Waals surface area contributed by atoms with Gasteiger partial charge >= 0.3 is 0 Å². The second kappa shape index (κ2) is 7.01. The Morgan fingerprint density at radius 2 is 1.76 bits per heavy atom. The van der Waals surface area contributed by atoms with E-state index >= 15 is 0 Å². The van der Waals surface area contributed by atoms with Crippen LogP contribution in [0, 0.1) is 17.5 Å². The largest absolute Gasteiger partial charge is 0.306 e. The lowest BCUT2D eigenvalue weighted by molar-refractivity contribution is 0.442. The van der Waals surface area contributed by atoms with Crippen molar-refractivity contribution in [3.8, 4) is 0 Å². The Balaban J connectivity index is 2.47. The summed E-state index contributed by atoms with van der Waals surface area (Å²) < 4.78 is 40.9. The summed E-state index contributed by atoms with van der Waals surface area (Å²) in [6, 6.07) is 3.02. The Bertz CT molecular complexity index is 622. The van der Waals surface area contributed by atoms with Crippen LogP contribution in [0.2, 0.25) is 8.67 Å².